The van der Waals surface area contributed by atoms with Crippen LogP contribution in [-0.4, -0.2) is 5.71 Å². The molecule has 0 N–H and O–H groups in total. The first kappa shape index (κ1) is 17.2. The second kappa shape index (κ2) is 9.12. The number of aliphatic imine (C=N–C) groups is 1. The molecule has 21 heavy (non-hydrogen) atoms. The van der Waals surface area contributed by atoms with Crippen LogP contribution in [-0.2, 0) is 0 Å². The summed E-state index contributed by atoms with van der Waals surface area (Å²) in [5, 5.41) is 0. The lowest BCUT2D eigenvalue weighted by molar-refractivity contribution is 0.835. The molecular weight excluding hydrogens is 254 g/mol. The molecule has 0 heterocycles. The van der Waals surface area contributed by atoms with Crippen molar-refractivity contribution in [2.45, 2.75) is 47.0 Å². The molecule has 0 saturated heterocycles. The summed E-state index contributed by atoms with van der Waals surface area (Å²) in [6, 6.07) is 6.38. The lowest BCUT2D eigenvalue weighted by Crippen LogP contribution is -2.00. The smallest absolute Gasteiger partial charge is 0.0662 e. The average molecular weight is 281 g/mol. The number of hydrogen-bond acceptors (Lipinski definition) is 1. The third-order valence-electron chi connectivity index (χ3n) is 3.35. The monoisotopic (exact) mass is 281 g/mol. The van der Waals surface area contributed by atoms with Gasteiger partial charge in [0.25, 0.3) is 0 Å². The van der Waals surface area contributed by atoms with E-state index in [1.54, 1.807) is 0 Å². The van der Waals surface area contributed by atoms with E-state index in [1.807, 2.05) is 31.2 Å². The summed E-state index contributed by atoms with van der Waals surface area (Å²) in [7, 11) is 0. The van der Waals surface area contributed by atoms with Gasteiger partial charge in [-0.15, -0.1) is 0 Å². The summed E-state index contributed by atoms with van der Waals surface area (Å²) in [6.45, 7) is 12.6. The maximum atomic E-state index is 4.86. The van der Waals surface area contributed by atoms with Gasteiger partial charge in [0.05, 0.1) is 5.69 Å². The minimum Gasteiger partial charge on any atom is -0.253 e. The zero-order valence-electron chi connectivity index (χ0n) is 13.8. The van der Waals surface area contributed by atoms with Gasteiger partial charge in [0.2, 0.25) is 0 Å². The van der Waals surface area contributed by atoms with E-state index in [2.05, 4.69) is 45.5 Å². The van der Waals surface area contributed by atoms with E-state index in [1.165, 1.54) is 11.1 Å². The van der Waals surface area contributed by atoms with E-state index >= 15 is 0 Å². The fourth-order valence-corrected chi connectivity index (χ4v) is 2.09. The molecule has 1 nitrogen and oxygen atoms in total. The molecule has 0 saturated carbocycles. The normalized spacial score (nSPS) is 12.5. The number of benzene rings is 1. The van der Waals surface area contributed by atoms with Gasteiger partial charge in [-0.25, -0.2) is 0 Å². The lowest BCUT2D eigenvalue weighted by Gasteiger charge is -2.08. The van der Waals surface area contributed by atoms with Crippen LogP contribution in [0.2, 0.25) is 0 Å². The van der Waals surface area contributed by atoms with E-state index in [-0.39, 0.29) is 0 Å². The molecule has 0 aliphatic carbocycles. The maximum absolute atomic E-state index is 4.86. The molecule has 1 heteroatoms. The van der Waals surface area contributed by atoms with Crippen LogP contribution in [0.25, 0.3) is 0 Å². The van der Waals surface area contributed by atoms with Crippen LogP contribution in [0.4, 0.5) is 5.69 Å². The van der Waals surface area contributed by atoms with Crippen molar-refractivity contribution in [1.29, 1.82) is 0 Å². The Balaban J connectivity index is 3.05. The Morgan fingerprint density at radius 1 is 1.24 bits per heavy atom. The highest BCUT2D eigenvalue weighted by atomic mass is 14.8. The minimum absolute atomic E-state index is 0.975. The van der Waals surface area contributed by atoms with Crippen LogP contribution >= 0.6 is 0 Å². The molecule has 1 rings (SSSR count). The van der Waals surface area contributed by atoms with Crippen LogP contribution in [0.3, 0.4) is 0 Å². The van der Waals surface area contributed by atoms with Gasteiger partial charge in [-0.2, -0.15) is 0 Å². The van der Waals surface area contributed by atoms with E-state index in [9.17, 15) is 0 Å². The molecule has 0 radical (unpaired) electrons. The summed E-state index contributed by atoms with van der Waals surface area (Å²) in [5.74, 6) is 0. The quantitative estimate of drug-likeness (QED) is 0.413. The van der Waals surface area contributed by atoms with Crippen molar-refractivity contribution in [3.63, 3.8) is 0 Å². The second-order valence-corrected chi connectivity index (χ2v) is 5.36. The molecule has 0 fully saturated rings. The SMILES string of the molecule is C=C(/C=C\C=C/C)C(CCCC)=Nc1ccc(C)cc1C. The van der Waals surface area contributed by atoms with E-state index in [4.69, 9.17) is 4.99 Å². The third kappa shape index (κ3) is 5.95. The summed E-state index contributed by atoms with van der Waals surface area (Å²) in [4.78, 5) is 4.86. The van der Waals surface area contributed by atoms with Crippen LogP contribution in [0, 0.1) is 13.8 Å². The number of allylic oxidation sites excluding steroid dienone is 5. The highest BCUT2D eigenvalue weighted by Gasteiger charge is 2.04. The molecule has 0 unspecified atom stereocenters. The summed E-state index contributed by atoms with van der Waals surface area (Å²) < 4.78 is 0. The van der Waals surface area contributed by atoms with Gasteiger partial charge in [-0.1, -0.05) is 61.9 Å². The largest absolute Gasteiger partial charge is 0.253 e. The van der Waals surface area contributed by atoms with Crippen molar-refractivity contribution < 1.29 is 0 Å². The van der Waals surface area contributed by atoms with Crippen molar-refractivity contribution >= 4 is 11.4 Å². The van der Waals surface area contributed by atoms with E-state index < -0.39 is 0 Å². The Kier molecular flexibility index (Phi) is 7.45. The molecule has 0 aliphatic heterocycles. The van der Waals surface area contributed by atoms with Crippen molar-refractivity contribution in [3.05, 3.63) is 65.8 Å². The van der Waals surface area contributed by atoms with Gasteiger partial charge in [0.1, 0.15) is 0 Å². The Morgan fingerprint density at radius 3 is 2.62 bits per heavy atom. The summed E-state index contributed by atoms with van der Waals surface area (Å²) >= 11 is 0. The van der Waals surface area contributed by atoms with Crippen LogP contribution < -0.4 is 0 Å². The van der Waals surface area contributed by atoms with Gasteiger partial charge in [-0.3, -0.25) is 4.99 Å². The van der Waals surface area contributed by atoms with E-state index in [0.717, 1.165) is 36.2 Å². The zero-order chi connectivity index (χ0) is 15.7. The Bertz CT molecular complexity index is 559. The molecule has 0 atom stereocenters. The molecule has 112 valence electrons. The van der Waals surface area contributed by atoms with E-state index in [0.29, 0.717) is 0 Å². The average Bonchev–Trinajstić information content (AvgIpc) is 2.45. The van der Waals surface area contributed by atoms with Crippen molar-refractivity contribution in [2.24, 2.45) is 4.99 Å². The number of hydrogen-bond donors (Lipinski definition) is 0. The molecule has 0 spiro atoms. The molecular formula is C20H27N. The van der Waals surface area contributed by atoms with Gasteiger partial charge in [-0.05, 0) is 50.8 Å². The predicted octanol–water partition coefficient (Wildman–Crippen LogP) is 6.25. The zero-order valence-corrected chi connectivity index (χ0v) is 13.8. The lowest BCUT2D eigenvalue weighted by atomic mass is 10.0. The van der Waals surface area contributed by atoms with Crippen molar-refractivity contribution in [2.75, 3.05) is 0 Å². The van der Waals surface area contributed by atoms with Gasteiger partial charge in [0, 0.05) is 5.71 Å². The molecule has 1 aromatic rings. The van der Waals surface area contributed by atoms with Gasteiger partial charge >= 0.3 is 0 Å². The second-order valence-electron chi connectivity index (χ2n) is 5.36. The van der Waals surface area contributed by atoms with Crippen molar-refractivity contribution in [1.82, 2.24) is 0 Å². The van der Waals surface area contributed by atoms with Gasteiger partial charge < -0.3 is 0 Å². The Morgan fingerprint density at radius 2 is 2.00 bits per heavy atom. The highest BCUT2D eigenvalue weighted by Crippen LogP contribution is 2.22. The molecule has 0 aliphatic rings. The van der Waals surface area contributed by atoms with Gasteiger partial charge in [0.15, 0.2) is 0 Å². The van der Waals surface area contributed by atoms with Crippen LogP contribution in [0.15, 0.2) is 59.6 Å². The standard InChI is InChI=1S/C20H27N/c1-6-8-10-11-17(4)19(12-9-7-2)21-20-14-13-16(3)15-18(20)5/h6,8,10-11,13-15H,4,7,9,12H2,1-3,5H3/b8-6-,11-10-,21-19?. The predicted molar refractivity (Wildman–Crippen MR) is 95.6 cm³/mol. The first-order valence-corrected chi connectivity index (χ1v) is 7.72. The topological polar surface area (TPSA) is 12.4 Å². The number of rotatable bonds is 7. The van der Waals surface area contributed by atoms with Crippen molar-refractivity contribution in [3.8, 4) is 0 Å². The minimum atomic E-state index is 0.975. The summed E-state index contributed by atoms with van der Waals surface area (Å²) in [5.41, 5.74) is 5.63. The van der Waals surface area contributed by atoms with Crippen LogP contribution in [0.5, 0.6) is 0 Å². The number of nitrogens with zero attached hydrogens (tertiary/aromatic N) is 1. The first-order valence-electron chi connectivity index (χ1n) is 7.72. The maximum Gasteiger partial charge on any atom is 0.0662 e. The molecule has 1 aromatic carbocycles. The van der Waals surface area contributed by atoms with Crippen LogP contribution in [0.1, 0.15) is 44.2 Å². The first-order chi connectivity index (χ1) is 10.1. The molecule has 0 bridgehead atoms. The number of unbranched alkanes of at least 4 members (excludes halogenated alkanes) is 1. The number of aryl methyl sites for hydroxylation is 2. The molecule has 0 aromatic heterocycles. The Labute approximate surface area is 129 Å². The fraction of sp³-hybridized carbons (Fsp3) is 0.350. The fourth-order valence-electron chi connectivity index (χ4n) is 2.09. The molecule has 0 amide bonds. The highest BCUT2D eigenvalue weighted by molar-refractivity contribution is 6.03. The third-order valence-corrected chi connectivity index (χ3v) is 3.35. The summed E-state index contributed by atoms with van der Waals surface area (Å²) in [6.07, 6.45) is 11.4. The Hall–Kier alpha value is -1.89.